The van der Waals surface area contributed by atoms with E-state index in [1.165, 1.54) is 11.8 Å². The monoisotopic (exact) mass is 229 g/mol. The van der Waals surface area contributed by atoms with Crippen LogP contribution in [0.2, 0.25) is 0 Å². The predicted octanol–water partition coefficient (Wildman–Crippen LogP) is 3.27. The van der Waals surface area contributed by atoms with Crippen molar-refractivity contribution in [2.24, 2.45) is 0 Å². The SMILES string of the molecule is Cc1ccc(NCCC(=O)c2ccco2)cc1. The van der Waals surface area contributed by atoms with Crippen LogP contribution in [0, 0.1) is 6.92 Å². The molecule has 0 fully saturated rings. The van der Waals surface area contributed by atoms with Crippen molar-refractivity contribution in [2.75, 3.05) is 11.9 Å². The third kappa shape index (κ3) is 3.21. The van der Waals surface area contributed by atoms with Crippen molar-refractivity contribution in [1.29, 1.82) is 0 Å². The first-order valence-electron chi connectivity index (χ1n) is 5.63. The van der Waals surface area contributed by atoms with E-state index in [1.807, 2.05) is 31.2 Å². The summed E-state index contributed by atoms with van der Waals surface area (Å²) < 4.78 is 5.04. The number of carbonyl (C=O) groups is 1. The topological polar surface area (TPSA) is 42.2 Å². The van der Waals surface area contributed by atoms with Gasteiger partial charge in [0.05, 0.1) is 6.26 Å². The molecule has 0 bridgehead atoms. The molecule has 1 heterocycles. The van der Waals surface area contributed by atoms with Gasteiger partial charge in [-0.15, -0.1) is 0 Å². The maximum atomic E-state index is 11.6. The van der Waals surface area contributed by atoms with Crippen LogP contribution in [0.5, 0.6) is 0 Å². The summed E-state index contributed by atoms with van der Waals surface area (Å²) in [5.74, 6) is 0.449. The summed E-state index contributed by atoms with van der Waals surface area (Å²) >= 11 is 0. The highest BCUT2D eigenvalue weighted by molar-refractivity contribution is 5.93. The third-order valence-corrected chi connectivity index (χ3v) is 2.53. The quantitative estimate of drug-likeness (QED) is 0.800. The van der Waals surface area contributed by atoms with Crippen LogP contribution in [-0.2, 0) is 0 Å². The molecule has 88 valence electrons. The lowest BCUT2D eigenvalue weighted by atomic mass is 10.2. The molecule has 0 spiro atoms. The van der Waals surface area contributed by atoms with Gasteiger partial charge in [-0.25, -0.2) is 0 Å². The minimum atomic E-state index is 0.0228. The van der Waals surface area contributed by atoms with Gasteiger partial charge in [0.15, 0.2) is 11.5 Å². The van der Waals surface area contributed by atoms with Gasteiger partial charge in [-0.3, -0.25) is 4.79 Å². The number of nitrogens with one attached hydrogen (secondary N) is 1. The van der Waals surface area contributed by atoms with E-state index in [9.17, 15) is 4.79 Å². The Kier molecular flexibility index (Phi) is 3.60. The molecule has 1 aromatic heterocycles. The Hall–Kier alpha value is -2.03. The molecule has 17 heavy (non-hydrogen) atoms. The second kappa shape index (κ2) is 5.34. The fourth-order valence-corrected chi connectivity index (χ4v) is 1.55. The van der Waals surface area contributed by atoms with Gasteiger partial charge in [0, 0.05) is 18.7 Å². The lowest BCUT2D eigenvalue weighted by molar-refractivity contribution is 0.0960. The van der Waals surface area contributed by atoms with Crippen LogP contribution >= 0.6 is 0 Å². The molecule has 0 saturated heterocycles. The first-order chi connectivity index (χ1) is 8.25. The number of Topliss-reactive ketones (excluding diaryl/α,β-unsaturated/α-hetero) is 1. The van der Waals surface area contributed by atoms with Gasteiger partial charge < -0.3 is 9.73 Å². The van der Waals surface area contributed by atoms with E-state index in [-0.39, 0.29) is 5.78 Å². The number of hydrogen-bond acceptors (Lipinski definition) is 3. The first kappa shape index (κ1) is 11.5. The predicted molar refractivity (Wildman–Crippen MR) is 67.3 cm³/mol. The number of anilines is 1. The summed E-state index contributed by atoms with van der Waals surface area (Å²) in [4.78, 5) is 11.6. The molecule has 0 radical (unpaired) electrons. The van der Waals surface area contributed by atoms with E-state index in [2.05, 4.69) is 5.32 Å². The number of carbonyl (C=O) groups excluding carboxylic acids is 1. The summed E-state index contributed by atoms with van der Waals surface area (Å²) in [7, 11) is 0. The lowest BCUT2D eigenvalue weighted by Crippen LogP contribution is -2.08. The average molecular weight is 229 g/mol. The largest absolute Gasteiger partial charge is 0.461 e. The van der Waals surface area contributed by atoms with Gasteiger partial charge in [0.2, 0.25) is 0 Å². The maximum absolute atomic E-state index is 11.6. The molecule has 0 saturated carbocycles. The summed E-state index contributed by atoms with van der Waals surface area (Å²) in [6, 6.07) is 11.5. The standard InChI is InChI=1S/C14H15NO2/c1-11-4-6-12(7-5-11)15-9-8-13(16)14-3-2-10-17-14/h2-7,10,15H,8-9H2,1H3. The van der Waals surface area contributed by atoms with Crippen molar-refractivity contribution >= 4 is 11.5 Å². The highest BCUT2D eigenvalue weighted by Crippen LogP contribution is 2.09. The molecule has 1 N–H and O–H groups in total. The van der Waals surface area contributed by atoms with E-state index in [1.54, 1.807) is 12.1 Å². The van der Waals surface area contributed by atoms with E-state index in [4.69, 9.17) is 4.42 Å². The molecule has 0 unspecified atom stereocenters. The summed E-state index contributed by atoms with van der Waals surface area (Å²) in [6.07, 6.45) is 1.95. The number of aryl methyl sites for hydroxylation is 1. The zero-order valence-electron chi connectivity index (χ0n) is 9.77. The van der Waals surface area contributed by atoms with Crippen LogP contribution in [0.4, 0.5) is 5.69 Å². The number of furan rings is 1. The zero-order chi connectivity index (χ0) is 12.1. The molecule has 2 aromatic rings. The van der Waals surface area contributed by atoms with Crippen LogP contribution in [-0.4, -0.2) is 12.3 Å². The zero-order valence-corrected chi connectivity index (χ0v) is 9.77. The first-order valence-corrected chi connectivity index (χ1v) is 5.63. The number of benzene rings is 1. The molecular formula is C14H15NO2. The van der Waals surface area contributed by atoms with E-state index >= 15 is 0 Å². The maximum Gasteiger partial charge on any atom is 0.199 e. The Morgan fingerprint density at radius 1 is 1.24 bits per heavy atom. The third-order valence-electron chi connectivity index (χ3n) is 2.53. The van der Waals surface area contributed by atoms with Crippen LogP contribution in [0.15, 0.2) is 47.1 Å². The van der Waals surface area contributed by atoms with Crippen molar-refractivity contribution in [3.63, 3.8) is 0 Å². The second-order valence-corrected chi connectivity index (χ2v) is 3.94. The number of hydrogen-bond donors (Lipinski definition) is 1. The van der Waals surface area contributed by atoms with Gasteiger partial charge in [0.25, 0.3) is 0 Å². The van der Waals surface area contributed by atoms with Gasteiger partial charge in [0.1, 0.15) is 0 Å². The fourth-order valence-electron chi connectivity index (χ4n) is 1.55. The van der Waals surface area contributed by atoms with Crippen molar-refractivity contribution in [3.05, 3.63) is 54.0 Å². The lowest BCUT2D eigenvalue weighted by Gasteiger charge is -2.05. The average Bonchev–Trinajstić information content (AvgIpc) is 2.85. The molecule has 0 aliphatic rings. The molecule has 0 amide bonds. The van der Waals surface area contributed by atoms with Crippen molar-refractivity contribution in [1.82, 2.24) is 0 Å². The minimum Gasteiger partial charge on any atom is -0.461 e. The molecule has 2 rings (SSSR count). The normalized spacial score (nSPS) is 10.2. The minimum absolute atomic E-state index is 0.0228. The van der Waals surface area contributed by atoms with Gasteiger partial charge in [-0.05, 0) is 31.2 Å². The molecule has 3 nitrogen and oxygen atoms in total. The van der Waals surface area contributed by atoms with Crippen molar-refractivity contribution < 1.29 is 9.21 Å². The van der Waals surface area contributed by atoms with Crippen molar-refractivity contribution in [3.8, 4) is 0 Å². The summed E-state index contributed by atoms with van der Waals surface area (Å²) in [6.45, 7) is 2.66. The summed E-state index contributed by atoms with van der Waals surface area (Å²) in [5.41, 5.74) is 2.25. The van der Waals surface area contributed by atoms with Gasteiger partial charge in [-0.1, -0.05) is 17.7 Å². The van der Waals surface area contributed by atoms with E-state index in [0.29, 0.717) is 18.7 Å². The Balaban J connectivity index is 1.80. The molecule has 1 aromatic carbocycles. The smallest absolute Gasteiger partial charge is 0.199 e. The molecule has 3 heteroatoms. The Morgan fingerprint density at radius 3 is 2.65 bits per heavy atom. The molecule has 0 aliphatic heterocycles. The van der Waals surface area contributed by atoms with Crippen LogP contribution in [0.3, 0.4) is 0 Å². The molecular weight excluding hydrogens is 214 g/mol. The fraction of sp³-hybridized carbons (Fsp3) is 0.214. The molecule has 0 atom stereocenters. The molecule has 0 aliphatic carbocycles. The number of ketones is 1. The van der Waals surface area contributed by atoms with Gasteiger partial charge in [-0.2, -0.15) is 0 Å². The van der Waals surface area contributed by atoms with Crippen LogP contribution in [0.1, 0.15) is 22.5 Å². The highest BCUT2D eigenvalue weighted by Gasteiger charge is 2.07. The Labute approximate surface area is 100 Å². The van der Waals surface area contributed by atoms with Crippen LogP contribution in [0.25, 0.3) is 0 Å². The number of rotatable bonds is 5. The second-order valence-electron chi connectivity index (χ2n) is 3.94. The van der Waals surface area contributed by atoms with Gasteiger partial charge >= 0.3 is 0 Å². The Bertz CT molecular complexity index is 471. The van der Waals surface area contributed by atoms with Crippen molar-refractivity contribution in [2.45, 2.75) is 13.3 Å². The highest BCUT2D eigenvalue weighted by atomic mass is 16.3. The summed E-state index contributed by atoms with van der Waals surface area (Å²) in [5, 5.41) is 3.20. The van der Waals surface area contributed by atoms with E-state index < -0.39 is 0 Å². The van der Waals surface area contributed by atoms with Crippen LogP contribution < -0.4 is 5.32 Å². The Morgan fingerprint density at radius 2 is 2.00 bits per heavy atom. The van der Waals surface area contributed by atoms with E-state index in [0.717, 1.165) is 5.69 Å².